The van der Waals surface area contributed by atoms with Crippen molar-refractivity contribution in [3.63, 3.8) is 0 Å². The standard InChI is InChI=1S/C26H35Cl2N3O4S/c1-5-19(3)29-26(33)24(6-2)31(18-20-14-15-21(27)17-23(20)28)25(32)13-10-16-30(4)36(34,35)22-11-8-7-9-12-22/h7-9,11-12,14-15,17,19,24H,5-6,10,13,16,18H2,1-4H3,(H,29,33). The highest BCUT2D eigenvalue weighted by atomic mass is 35.5. The maximum absolute atomic E-state index is 13.4. The summed E-state index contributed by atoms with van der Waals surface area (Å²) in [6.45, 7) is 6.04. The van der Waals surface area contributed by atoms with Crippen molar-refractivity contribution in [3.05, 3.63) is 64.1 Å². The van der Waals surface area contributed by atoms with E-state index < -0.39 is 16.1 Å². The Morgan fingerprint density at radius 3 is 2.28 bits per heavy atom. The van der Waals surface area contributed by atoms with Crippen LogP contribution in [0, 0.1) is 0 Å². The lowest BCUT2D eigenvalue weighted by Crippen LogP contribution is -2.50. The average molecular weight is 557 g/mol. The molecule has 1 N–H and O–H groups in total. The van der Waals surface area contributed by atoms with Crippen LogP contribution in [0.1, 0.15) is 52.0 Å². The van der Waals surface area contributed by atoms with E-state index in [0.29, 0.717) is 28.5 Å². The van der Waals surface area contributed by atoms with Crippen LogP contribution in [-0.2, 0) is 26.2 Å². The van der Waals surface area contributed by atoms with Gasteiger partial charge in [0.1, 0.15) is 6.04 Å². The fourth-order valence-corrected chi connectivity index (χ4v) is 5.38. The third-order valence-corrected chi connectivity index (χ3v) is 8.52. The molecule has 0 aliphatic carbocycles. The molecule has 10 heteroatoms. The molecule has 0 aliphatic heterocycles. The topological polar surface area (TPSA) is 86.8 Å². The molecule has 0 aromatic heterocycles. The van der Waals surface area contributed by atoms with Crippen molar-refractivity contribution in [2.45, 2.75) is 70.0 Å². The van der Waals surface area contributed by atoms with Gasteiger partial charge in [-0.2, -0.15) is 0 Å². The van der Waals surface area contributed by atoms with Crippen molar-refractivity contribution >= 4 is 45.0 Å². The first-order valence-corrected chi connectivity index (χ1v) is 14.3. The van der Waals surface area contributed by atoms with Crippen LogP contribution in [0.15, 0.2) is 53.4 Å². The Morgan fingerprint density at radius 1 is 1.03 bits per heavy atom. The molecule has 36 heavy (non-hydrogen) atoms. The number of benzene rings is 2. The Labute approximate surface area is 224 Å². The van der Waals surface area contributed by atoms with E-state index in [1.807, 2.05) is 20.8 Å². The third kappa shape index (κ3) is 8.20. The van der Waals surface area contributed by atoms with Crippen LogP contribution in [0.4, 0.5) is 0 Å². The molecule has 2 aromatic carbocycles. The van der Waals surface area contributed by atoms with Crippen LogP contribution in [0.2, 0.25) is 10.0 Å². The predicted molar refractivity (Wildman–Crippen MR) is 144 cm³/mol. The maximum Gasteiger partial charge on any atom is 0.243 e. The molecule has 0 heterocycles. The average Bonchev–Trinajstić information content (AvgIpc) is 2.85. The van der Waals surface area contributed by atoms with Crippen molar-refractivity contribution in [1.82, 2.24) is 14.5 Å². The molecule has 0 spiro atoms. The van der Waals surface area contributed by atoms with Gasteiger partial charge in [0.25, 0.3) is 0 Å². The van der Waals surface area contributed by atoms with Crippen molar-refractivity contribution in [3.8, 4) is 0 Å². The van der Waals surface area contributed by atoms with Crippen molar-refractivity contribution < 1.29 is 18.0 Å². The molecule has 2 atom stereocenters. The van der Waals surface area contributed by atoms with Gasteiger partial charge in [0.05, 0.1) is 4.90 Å². The van der Waals surface area contributed by atoms with Gasteiger partial charge >= 0.3 is 0 Å². The Morgan fingerprint density at radius 2 is 1.69 bits per heavy atom. The fourth-order valence-electron chi connectivity index (χ4n) is 3.68. The molecular weight excluding hydrogens is 521 g/mol. The van der Waals surface area contributed by atoms with Crippen LogP contribution in [0.5, 0.6) is 0 Å². The first-order chi connectivity index (χ1) is 17.0. The monoisotopic (exact) mass is 555 g/mol. The summed E-state index contributed by atoms with van der Waals surface area (Å²) >= 11 is 12.4. The molecule has 198 valence electrons. The molecular formula is C26H35Cl2N3O4S. The Balaban J connectivity index is 2.18. The number of hydrogen-bond donors (Lipinski definition) is 1. The second-order valence-electron chi connectivity index (χ2n) is 8.74. The minimum atomic E-state index is -3.65. The molecule has 2 aromatic rings. The molecule has 0 aliphatic rings. The number of hydrogen-bond acceptors (Lipinski definition) is 4. The molecule has 0 saturated heterocycles. The SMILES string of the molecule is CCC(C)NC(=O)C(CC)N(Cc1ccc(Cl)cc1Cl)C(=O)CCCN(C)S(=O)(=O)c1ccccc1. The van der Waals surface area contributed by atoms with E-state index in [0.717, 1.165) is 6.42 Å². The van der Waals surface area contributed by atoms with Crippen LogP contribution in [0.3, 0.4) is 0 Å². The van der Waals surface area contributed by atoms with Gasteiger partial charge in [-0.1, -0.05) is 61.3 Å². The highest BCUT2D eigenvalue weighted by Crippen LogP contribution is 2.24. The Hall–Kier alpha value is -2.13. The van der Waals surface area contributed by atoms with Gasteiger partial charge in [-0.25, -0.2) is 12.7 Å². The highest BCUT2D eigenvalue weighted by molar-refractivity contribution is 7.89. The third-order valence-electron chi connectivity index (χ3n) is 6.06. The maximum atomic E-state index is 13.4. The van der Waals surface area contributed by atoms with E-state index in [2.05, 4.69) is 5.32 Å². The van der Waals surface area contributed by atoms with Crippen LogP contribution in [-0.4, -0.2) is 55.1 Å². The largest absolute Gasteiger partial charge is 0.352 e. The normalized spacial score (nSPS) is 13.3. The second kappa shape index (κ2) is 14.0. The lowest BCUT2D eigenvalue weighted by molar-refractivity contribution is -0.141. The summed E-state index contributed by atoms with van der Waals surface area (Å²) < 4.78 is 26.8. The summed E-state index contributed by atoms with van der Waals surface area (Å²) in [5.74, 6) is -0.480. The first kappa shape index (κ1) is 30.1. The van der Waals surface area contributed by atoms with Gasteiger partial charge in [0, 0.05) is 42.6 Å². The zero-order valence-electron chi connectivity index (χ0n) is 21.2. The van der Waals surface area contributed by atoms with E-state index in [1.54, 1.807) is 36.4 Å². The van der Waals surface area contributed by atoms with E-state index in [9.17, 15) is 18.0 Å². The number of sulfonamides is 1. The van der Waals surface area contributed by atoms with Gasteiger partial charge in [-0.15, -0.1) is 0 Å². The number of nitrogens with zero attached hydrogens (tertiary/aromatic N) is 2. The van der Waals surface area contributed by atoms with Crippen LogP contribution >= 0.6 is 23.2 Å². The predicted octanol–water partition coefficient (Wildman–Crippen LogP) is 5.12. The molecule has 0 fully saturated rings. The van der Waals surface area contributed by atoms with E-state index in [1.165, 1.54) is 28.4 Å². The number of carbonyl (C=O) groups excluding carboxylic acids is 2. The minimum absolute atomic E-state index is 0.0283. The number of rotatable bonds is 13. The summed E-state index contributed by atoms with van der Waals surface area (Å²) in [5, 5.41) is 3.85. The Bertz CT molecular complexity index is 1130. The van der Waals surface area contributed by atoms with Gasteiger partial charge in [0.2, 0.25) is 21.8 Å². The molecule has 0 bridgehead atoms. The lowest BCUT2D eigenvalue weighted by Gasteiger charge is -2.32. The lowest BCUT2D eigenvalue weighted by atomic mass is 10.1. The van der Waals surface area contributed by atoms with Crippen molar-refractivity contribution in [2.24, 2.45) is 0 Å². The molecule has 0 radical (unpaired) electrons. The van der Waals surface area contributed by atoms with Gasteiger partial charge in [0.15, 0.2) is 0 Å². The Kier molecular flexibility index (Phi) is 11.7. The van der Waals surface area contributed by atoms with E-state index in [4.69, 9.17) is 23.2 Å². The van der Waals surface area contributed by atoms with E-state index in [-0.39, 0.29) is 42.3 Å². The van der Waals surface area contributed by atoms with Crippen LogP contribution < -0.4 is 5.32 Å². The fraction of sp³-hybridized carbons (Fsp3) is 0.462. The zero-order valence-corrected chi connectivity index (χ0v) is 23.5. The van der Waals surface area contributed by atoms with Gasteiger partial charge < -0.3 is 10.2 Å². The molecule has 7 nitrogen and oxygen atoms in total. The molecule has 2 unspecified atom stereocenters. The minimum Gasteiger partial charge on any atom is -0.352 e. The van der Waals surface area contributed by atoms with Crippen molar-refractivity contribution in [2.75, 3.05) is 13.6 Å². The smallest absolute Gasteiger partial charge is 0.243 e. The zero-order chi connectivity index (χ0) is 26.9. The summed E-state index contributed by atoms with van der Waals surface area (Å²) in [4.78, 5) is 28.2. The van der Waals surface area contributed by atoms with Crippen molar-refractivity contribution in [1.29, 1.82) is 0 Å². The number of amides is 2. The van der Waals surface area contributed by atoms with Gasteiger partial charge in [-0.3, -0.25) is 9.59 Å². The van der Waals surface area contributed by atoms with E-state index >= 15 is 0 Å². The highest BCUT2D eigenvalue weighted by Gasteiger charge is 2.30. The number of halogens is 2. The summed E-state index contributed by atoms with van der Waals surface area (Å²) in [6, 6.07) is 12.5. The molecule has 0 saturated carbocycles. The molecule has 2 rings (SSSR count). The summed E-state index contributed by atoms with van der Waals surface area (Å²) in [5.41, 5.74) is 0.674. The quantitative estimate of drug-likeness (QED) is 0.371. The molecule has 2 amide bonds. The second-order valence-corrected chi connectivity index (χ2v) is 11.6. The summed E-state index contributed by atoms with van der Waals surface area (Å²) in [6.07, 6.45) is 1.56. The number of carbonyl (C=O) groups is 2. The van der Waals surface area contributed by atoms with Gasteiger partial charge in [-0.05, 0) is 56.0 Å². The number of nitrogens with one attached hydrogen (secondary N) is 1. The van der Waals surface area contributed by atoms with Crippen LogP contribution in [0.25, 0.3) is 0 Å². The first-order valence-electron chi connectivity index (χ1n) is 12.1. The summed E-state index contributed by atoms with van der Waals surface area (Å²) in [7, 11) is -2.16.